The molecule has 1 saturated heterocycles. The van der Waals surface area contributed by atoms with Gasteiger partial charge in [-0.3, -0.25) is 9.88 Å². The summed E-state index contributed by atoms with van der Waals surface area (Å²) in [6.07, 6.45) is 1.23. The van der Waals surface area contributed by atoms with E-state index in [1.165, 1.54) is 36.2 Å². The van der Waals surface area contributed by atoms with Gasteiger partial charge in [0.05, 0.1) is 11.7 Å². The highest BCUT2D eigenvalue weighted by Crippen LogP contribution is 2.29. The van der Waals surface area contributed by atoms with Gasteiger partial charge >= 0.3 is 6.09 Å². The van der Waals surface area contributed by atoms with E-state index in [-0.39, 0.29) is 24.4 Å². The van der Waals surface area contributed by atoms with Crippen LogP contribution < -0.4 is 16.0 Å². The van der Waals surface area contributed by atoms with E-state index in [2.05, 4.69) is 20.3 Å². The maximum Gasteiger partial charge on any atom is 0.416 e. The van der Waals surface area contributed by atoms with E-state index in [0.717, 1.165) is 11.1 Å². The maximum atomic E-state index is 13.9. The Morgan fingerprint density at radius 3 is 2.73 bits per heavy atom. The van der Waals surface area contributed by atoms with E-state index < -0.39 is 24.1 Å². The average Bonchev–Trinajstić information content (AvgIpc) is 3.15. The Bertz CT molecular complexity index is 1170. The van der Waals surface area contributed by atoms with Crippen LogP contribution in [0.3, 0.4) is 0 Å². The molecule has 0 radical (unpaired) electrons. The van der Waals surface area contributed by atoms with Gasteiger partial charge in [0.1, 0.15) is 30.5 Å². The van der Waals surface area contributed by atoms with Crippen molar-refractivity contribution in [3.8, 4) is 11.1 Å². The van der Waals surface area contributed by atoms with Crippen molar-refractivity contribution in [2.75, 3.05) is 22.6 Å². The van der Waals surface area contributed by atoms with Gasteiger partial charge in [-0.1, -0.05) is 0 Å². The van der Waals surface area contributed by atoms with Gasteiger partial charge in [0, 0.05) is 23.6 Å². The Morgan fingerprint density at radius 1 is 1.24 bits per heavy atom. The minimum absolute atomic E-state index is 0.0355. The van der Waals surface area contributed by atoms with Crippen molar-refractivity contribution >= 4 is 23.5 Å². The second-order valence-corrected chi connectivity index (χ2v) is 7.99. The van der Waals surface area contributed by atoms with Crippen LogP contribution in [0.4, 0.5) is 31.0 Å². The average molecular weight is 454 g/mol. The Hall–Kier alpha value is -3.82. The minimum Gasteiger partial charge on any atom is -0.447 e. The zero-order valence-corrected chi connectivity index (χ0v) is 18.4. The predicted molar refractivity (Wildman–Crippen MR) is 121 cm³/mol. The van der Waals surface area contributed by atoms with E-state index in [0.29, 0.717) is 16.9 Å². The van der Waals surface area contributed by atoms with Crippen molar-refractivity contribution in [3.63, 3.8) is 0 Å². The van der Waals surface area contributed by atoms with E-state index >= 15 is 0 Å². The van der Waals surface area contributed by atoms with Crippen LogP contribution in [0.25, 0.3) is 11.1 Å². The molecular weight excluding hydrogens is 430 g/mol. The molecule has 0 aliphatic carbocycles. The highest BCUT2D eigenvalue weighted by molar-refractivity contribution is 5.89. The molecule has 0 bridgehead atoms. The smallest absolute Gasteiger partial charge is 0.416 e. The van der Waals surface area contributed by atoms with Crippen LogP contribution in [0.1, 0.15) is 31.1 Å². The number of anilines is 3. The first-order valence-electron chi connectivity index (χ1n) is 10.5. The number of aryl methyl sites for hydroxylation is 1. The fourth-order valence-electron chi connectivity index (χ4n) is 3.74. The number of pyridine rings is 1. The summed E-state index contributed by atoms with van der Waals surface area (Å²) >= 11 is 0. The second-order valence-electron chi connectivity index (χ2n) is 7.99. The number of rotatable bonds is 6. The highest BCUT2D eigenvalue weighted by Gasteiger charge is 2.39. The van der Waals surface area contributed by atoms with Gasteiger partial charge in [0.25, 0.3) is 0 Å². The number of hydrogen-bond acceptors (Lipinski definition) is 7. The summed E-state index contributed by atoms with van der Waals surface area (Å²) in [7, 11) is 0. The molecule has 1 aliphatic rings. The Morgan fingerprint density at radius 2 is 2.03 bits per heavy atom. The number of nitrogens with zero attached hydrogens (tertiary/aromatic N) is 4. The van der Waals surface area contributed by atoms with Crippen LogP contribution in [0.15, 0.2) is 42.7 Å². The monoisotopic (exact) mass is 454 g/mol. The molecule has 2 aromatic heterocycles. The second kappa shape index (κ2) is 8.97. The molecule has 33 heavy (non-hydrogen) atoms. The number of nitrogens with two attached hydrogens (primary N) is 1. The third-order valence-electron chi connectivity index (χ3n) is 5.48. The molecule has 172 valence electrons. The van der Waals surface area contributed by atoms with Crippen molar-refractivity contribution in [3.05, 3.63) is 59.8 Å². The lowest BCUT2D eigenvalue weighted by Crippen LogP contribution is -2.39. The molecule has 3 atom stereocenters. The lowest BCUT2D eigenvalue weighted by Gasteiger charge is -2.22. The zero-order chi connectivity index (χ0) is 23.7. The predicted octanol–water partition coefficient (Wildman–Crippen LogP) is 4.42. The number of nitrogens with one attached hydrogen (secondary N) is 1. The summed E-state index contributed by atoms with van der Waals surface area (Å²) in [6, 6.07) is 6.76. The number of benzene rings is 1. The van der Waals surface area contributed by atoms with Crippen LogP contribution in [0.2, 0.25) is 0 Å². The summed E-state index contributed by atoms with van der Waals surface area (Å²) in [6.45, 7) is 5.13. The maximum absolute atomic E-state index is 13.9. The molecule has 0 spiro atoms. The van der Waals surface area contributed by atoms with E-state index in [9.17, 15) is 13.6 Å². The fourth-order valence-corrected chi connectivity index (χ4v) is 3.74. The van der Waals surface area contributed by atoms with Crippen LogP contribution >= 0.6 is 0 Å². The fraction of sp³-hybridized carbons (Fsp3) is 0.304. The Labute approximate surface area is 189 Å². The van der Waals surface area contributed by atoms with E-state index in [1.807, 2.05) is 19.9 Å². The molecule has 1 amide bonds. The molecular formula is C23H24F2N6O2. The SMILES string of the molecule is Cc1cc([C@H](C)Nc2nccc(N3C(=O)OC[C@@H]3[C@H](C)F)n2)ncc1-c1cc(N)cc(F)c1. The summed E-state index contributed by atoms with van der Waals surface area (Å²) < 4.78 is 32.7. The summed E-state index contributed by atoms with van der Waals surface area (Å²) in [5.74, 6) is 0.0955. The molecule has 0 saturated carbocycles. The lowest BCUT2D eigenvalue weighted by molar-refractivity contribution is 0.174. The molecule has 0 unspecified atom stereocenters. The first-order chi connectivity index (χ1) is 15.7. The Balaban J connectivity index is 1.54. The van der Waals surface area contributed by atoms with Gasteiger partial charge in [-0.15, -0.1) is 0 Å². The first kappa shape index (κ1) is 22.4. The molecule has 1 fully saturated rings. The number of carbonyl (C=O) groups excluding carboxylic acids is 1. The van der Waals surface area contributed by atoms with Gasteiger partial charge in [-0.05, 0) is 62.2 Å². The first-order valence-corrected chi connectivity index (χ1v) is 10.5. The summed E-state index contributed by atoms with van der Waals surface area (Å²) in [4.78, 5) is 26.4. The molecule has 4 rings (SSSR count). The third kappa shape index (κ3) is 4.69. The van der Waals surface area contributed by atoms with Gasteiger partial charge in [-0.2, -0.15) is 4.98 Å². The number of cyclic esters (lactones) is 1. The quantitative estimate of drug-likeness (QED) is 0.531. The van der Waals surface area contributed by atoms with Crippen LogP contribution in [0, 0.1) is 12.7 Å². The van der Waals surface area contributed by atoms with Gasteiger partial charge in [0.15, 0.2) is 0 Å². The van der Waals surface area contributed by atoms with Crippen molar-refractivity contribution < 1.29 is 18.3 Å². The van der Waals surface area contributed by atoms with Crippen molar-refractivity contribution in [2.45, 2.75) is 39.0 Å². The van der Waals surface area contributed by atoms with Gasteiger partial charge in [-0.25, -0.2) is 18.6 Å². The topological polar surface area (TPSA) is 106 Å². The van der Waals surface area contributed by atoms with Crippen molar-refractivity contribution in [1.29, 1.82) is 0 Å². The normalized spacial score (nSPS) is 17.5. The minimum atomic E-state index is -1.28. The van der Waals surface area contributed by atoms with E-state index in [4.69, 9.17) is 10.5 Å². The number of nitrogen functional groups attached to an aromatic ring is 1. The molecule has 3 heterocycles. The standard InChI is InChI=1S/C23H24F2N6O2/c1-12-6-19(28-10-18(12)15-7-16(25)9-17(26)8-15)14(3)29-22-27-5-4-21(30-22)31-20(13(2)24)11-33-23(31)32/h4-10,13-14,20H,11,26H2,1-3H3,(H,27,29,30)/t13-,14-,20+/m0/s1. The highest BCUT2D eigenvalue weighted by atomic mass is 19.1. The lowest BCUT2D eigenvalue weighted by atomic mass is 10.0. The van der Waals surface area contributed by atoms with Gasteiger partial charge in [0.2, 0.25) is 5.95 Å². The summed E-state index contributed by atoms with van der Waals surface area (Å²) in [5.41, 5.74) is 9.13. The molecule has 8 nitrogen and oxygen atoms in total. The third-order valence-corrected chi connectivity index (χ3v) is 5.48. The van der Waals surface area contributed by atoms with Crippen LogP contribution in [-0.4, -0.2) is 39.9 Å². The number of alkyl halides is 1. The number of carbonyl (C=O) groups is 1. The number of aromatic nitrogens is 3. The number of halogens is 2. The van der Waals surface area contributed by atoms with Crippen molar-refractivity contribution in [2.24, 2.45) is 0 Å². The molecule has 1 aliphatic heterocycles. The molecule has 10 heteroatoms. The van der Waals surface area contributed by atoms with Crippen LogP contribution in [-0.2, 0) is 4.74 Å². The number of ether oxygens (including phenoxy) is 1. The molecule has 3 aromatic rings. The number of hydrogen-bond donors (Lipinski definition) is 2. The molecule has 1 aromatic carbocycles. The van der Waals surface area contributed by atoms with E-state index in [1.54, 1.807) is 12.3 Å². The van der Waals surface area contributed by atoms with Crippen molar-refractivity contribution in [1.82, 2.24) is 15.0 Å². The number of amides is 1. The zero-order valence-electron chi connectivity index (χ0n) is 18.4. The van der Waals surface area contributed by atoms with Gasteiger partial charge < -0.3 is 15.8 Å². The Kier molecular flexibility index (Phi) is 6.08. The molecule has 3 N–H and O–H groups in total. The largest absolute Gasteiger partial charge is 0.447 e. The van der Waals surface area contributed by atoms with Crippen LogP contribution in [0.5, 0.6) is 0 Å². The summed E-state index contributed by atoms with van der Waals surface area (Å²) in [5, 5.41) is 3.15.